The van der Waals surface area contributed by atoms with Gasteiger partial charge >= 0.3 is 5.84 Å². The second-order valence-corrected chi connectivity index (χ2v) is 5.58. The summed E-state index contributed by atoms with van der Waals surface area (Å²) >= 11 is 0. The molecule has 1 heterocycles. The van der Waals surface area contributed by atoms with Gasteiger partial charge in [0.15, 0.2) is 0 Å². The Morgan fingerprint density at radius 1 is 1.08 bits per heavy atom. The number of rotatable bonds is 6. The van der Waals surface area contributed by atoms with Gasteiger partial charge in [0, 0.05) is 0 Å². The Morgan fingerprint density at radius 2 is 1.62 bits per heavy atom. The van der Waals surface area contributed by atoms with E-state index in [0.29, 0.717) is 13.1 Å². The number of aryl methyl sites for hydroxylation is 1. The van der Waals surface area contributed by atoms with Crippen molar-refractivity contribution in [3.63, 3.8) is 0 Å². The molecular weight excluding hydrogens is 334 g/mol. The maximum Gasteiger partial charge on any atom is 0.436 e. The number of nitro groups is 1. The molecule has 0 unspecified atom stereocenters. The maximum atomic E-state index is 11.5. The molecule has 132 valence electrons. The number of nitrogens with zero attached hydrogens (tertiary/aromatic N) is 7. The van der Waals surface area contributed by atoms with Gasteiger partial charge in [0.05, 0.1) is 25.2 Å². The highest BCUT2D eigenvalue weighted by Crippen LogP contribution is 2.11. The number of tetrazole rings is 1. The van der Waals surface area contributed by atoms with E-state index in [1.54, 1.807) is 12.1 Å². The van der Waals surface area contributed by atoms with Gasteiger partial charge in [-0.2, -0.15) is 9.81 Å². The van der Waals surface area contributed by atoms with E-state index in [-0.39, 0.29) is 5.82 Å². The first-order valence-electron chi connectivity index (χ1n) is 7.92. The van der Waals surface area contributed by atoms with Crippen molar-refractivity contribution in [2.75, 3.05) is 0 Å². The highest BCUT2D eigenvalue weighted by molar-refractivity contribution is 5.87. The lowest BCUT2D eigenvalue weighted by atomic mass is 10.2. The number of hydrogen-bond acceptors (Lipinski definition) is 7. The summed E-state index contributed by atoms with van der Waals surface area (Å²) < 4.78 is 0. The molecule has 0 N–H and O–H groups in total. The second-order valence-electron chi connectivity index (χ2n) is 5.58. The summed E-state index contributed by atoms with van der Waals surface area (Å²) in [5.41, 5.74) is 1.98. The van der Waals surface area contributed by atoms with Crippen LogP contribution in [0.1, 0.15) is 17.0 Å². The minimum atomic E-state index is -0.597. The van der Waals surface area contributed by atoms with Crippen molar-refractivity contribution >= 4 is 5.84 Å². The predicted octanol–water partition coefficient (Wildman–Crippen LogP) is 1.85. The second kappa shape index (κ2) is 7.97. The SMILES string of the molecule is Cn1nnc(C(=NN(Cc2ccccc2)Cc2ccccc2)[N+](=O)[O-])n1. The molecule has 0 aliphatic carbocycles. The van der Waals surface area contributed by atoms with Gasteiger partial charge in [-0.05, 0) is 21.3 Å². The molecular formula is C17H17N7O2. The smallest absolute Gasteiger partial charge is 0.358 e. The molecule has 0 fully saturated rings. The summed E-state index contributed by atoms with van der Waals surface area (Å²) in [6, 6.07) is 19.3. The molecule has 0 amide bonds. The Morgan fingerprint density at radius 3 is 2.04 bits per heavy atom. The Balaban J connectivity index is 1.93. The van der Waals surface area contributed by atoms with Gasteiger partial charge in [-0.15, -0.1) is 5.10 Å². The molecule has 0 aliphatic rings. The summed E-state index contributed by atoms with van der Waals surface area (Å²) in [7, 11) is 1.54. The van der Waals surface area contributed by atoms with Crippen LogP contribution in [0.5, 0.6) is 0 Å². The van der Waals surface area contributed by atoms with Crippen LogP contribution in [0.3, 0.4) is 0 Å². The normalized spacial score (nSPS) is 11.3. The van der Waals surface area contributed by atoms with E-state index < -0.39 is 10.8 Å². The van der Waals surface area contributed by atoms with E-state index in [0.717, 1.165) is 15.9 Å². The molecule has 0 aliphatic heterocycles. The molecule has 0 saturated heterocycles. The average Bonchev–Trinajstić information content (AvgIpc) is 3.07. The monoisotopic (exact) mass is 351 g/mol. The lowest BCUT2D eigenvalue weighted by molar-refractivity contribution is -0.351. The van der Waals surface area contributed by atoms with Crippen LogP contribution in [0, 0.1) is 10.1 Å². The van der Waals surface area contributed by atoms with Crippen LogP contribution in [0.2, 0.25) is 0 Å². The van der Waals surface area contributed by atoms with Gasteiger partial charge in [0.25, 0.3) is 5.82 Å². The molecule has 0 radical (unpaired) electrons. The topological polar surface area (TPSA) is 102 Å². The largest absolute Gasteiger partial charge is 0.436 e. The molecule has 9 heteroatoms. The third-order valence-electron chi connectivity index (χ3n) is 3.53. The van der Waals surface area contributed by atoms with Gasteiger partial charge in [-0.1, -0.05) is 65.8 Å². The molecule has 0 atom stereocenters. The predicted molar refractivity (Wildman–Crippen MR) is 94.5 cm³/mol. The van der Waals surface area contributed by atoms with E-state index in [1.165, 1.54) is 0 Å². The molecule has 0 bridgehead atoms. The zero-order chi connectivity index (χ0) is 18.4. The molecule has 1 aromatic heterocycles. The molecule has 9 nitrogen and oxygen atoms in total. The van der Waals surface area contributed by atoms with Gasteiger partial charge in [0.2, 0.25) is 0 Å². The quantitative estimate of drug-likeness (QED) is 0.291. The van der Waals surface area contributed by atoms with Gasteiger partial charge < -0.3 is 10.1 Å². The minimum Gasteiger partial charge on any atom is -0.358 e. The fraction of sp³-hybridized carbons (Fsp3) is 0.176. The van der Waals surface area contributed by atoms with Crippen molar-refractivity contribution < 1.29 is 4.92 Å². The summed E-state index contributed by atoms with van der Waals surface area (Å²) in [6.07, 6.45) is 0. The van der Waals surface area contributed by atoms with E-state index in [9.17, 15) is 10.1 Å². The number of benzene rings is 2. The highest BCUT2D eigenvalue weighted by Gasteiger charge is 2.25. The highest BCUT2D eigenvalue weighted by atomic mass is 16.6. The van der Waals surface area contributed by atoms with Crippen molar-refractivity contribution in [2.24, 2.45) is 12.1 Å². The Hall–Kier alpha value is -3.62. The van der Waals surface area contributed by atoms with Crippen LogP contribution in [0.25, 0.3) is 0 Å². The fourth-order valence-electron chi connectivity index (χ4n) is 2.39. The summed E-state index contributed by atoms with van der Waals surface area (Å²) in [6.45, 7) is 0.820. The average molecular weight is 351 g/mol. The van der Waals surface area contributed by atoms with Gasteiger partial charge in [-0.3, -0.25) is 0 Å². The van der Waals surface area contributed by atoms with Crippen LogP contribution in [-0.4, -0.2) is 36.0 Å². The van der Waals surface area contributed by atoms with Crippen molar-refractivity contribution in [2.45, 2.75) is 13.1 Å². The summed E-state index contributed by atoms with van der Waals surface area (Å²) in [5, 5.41) is 28.6. The van der Waals surface area contributed by atoms with Gasteiger partial charge in [0.1, 0.15) is 0 Å². The number of hydrogen-bond donors (Lipinski definition) is 0. The Kier molecular flexibility index (Phi) is 5.28. The molecule has 26 heavy (non-hydrogen) atoms. The van der Waals surface area contributed by atoms with Crippen molar-refractivity contribution in [3.05, 3.63) is 87.7 Å². The van der Waals surface area contributed by atoms with E-state index >= 15 is 0 Å². The van der Waals surface area contributed by atoms with Crippen LogP contribution >= 0.6 is 0 Å². The molecule has 3 aromatic rings. The van der Waals surface area contributed by atoms with Crippen LogP contribution in [0.4, 0.5) is 0 Å². The van der Waals surface area contributed by atoms with Crippen molar-refractivity contribution in [1.29, 1.82) is 0 Å². The fourth-order valence-corrected chi connectivity index (χ4v) is 2.39. The first-order valence-corrected chi connectivity index (χ1v) is 7.92. The zero-order valence-corrected chi connectivity index (χ0v) is 14.1. The first-order chi connectivity index (χ1) is 12.6. The van der Waals surface area contributed by atoms with Crippen LogP contribution in [-0.2, 0) is 20.1 Å². The number of aromatic nitrogens is 4. The lowest BCUT2D eigenvalue weighted by Crippen LogP contribution is -2.24. The summed E-state index contributed by atoms with van der Waals surface area (Å²) in [5.74, 6) is -0.561. The number of hydrazone groups is 1. The first kappa shape index (κ1) is 17.2. The van der Waals surface area contributed by atoms with Gasteiger partial charge in [-0.25, -0.2) is 0 Å². The third-order valence-corrected chi connectivity index (χ3v) is 3.53. The third kappa shape index (κ3) is 4.47. The van der Waals surface area contributed by atoms with Crippen molar-refractivity contribution in [3.8, 4) is 0 Å². The molecule has 3 rings (SSSR count). The Bertz CT molecular complexity index is 852. The minimum absolute atomic E-state index is 0.122. The van der Waals surface area contributed by atoms with E-state index in [2.05, 4.69) is 20.5 Å². The van der Waals surface area contributed by atoms with Crippen LogP contribution < -0.4 is 0 Å². The van der Waals surface area contributed by atoms with Crippen LogP contribution in [0.15, 0.2) is 65.8 Å². The van der Waals surface area contributed by atoms with E-state index in [4.69, 9.17) is 0 Å². The Labute approximate surface area is 149 Å². The molecule has 0 spiro atoms. The molecule has 2 aromatic carbocycles. The van der Waals surface area contributed by atoms with E-state index in [1.807, 2.05) is 60.7 Å². The number of amidine groups is 1. The molecule has 0 saturated carbocycles. The zero-order valence-electron chi connectivity index (χ0n) is 14.1. The lowest BCUT2D eigenvalue weighted by Gasteiger charge is -2.14. The van der Waals surface area contributed by atoms with Crippen molar-refractivity contribution in [1.82, 2.24) is 25.2 Å². The maximum absolute atomic E-state index is 11.5. The summed E-state index contributed by atoms with van der Waals surface area (Å²) in [4.78, 5) is 12.0. The standard InChI is InChI=1S/C17H17N7O2/c1-22-19-16(18-21-22)17(24(25)26)20-23(12-14-8-4-2-5-9-14)13-15-10-6-3-7-11-15/h2-11H,12-13H2,1H3.